The highest BCUT2D eigenvalue weighted by Crippen LogP contribution is 2.39. The number of hydrogen-bond donors (Lipinski definition) is 4. The Morgan fingerprint density at radius 1 is 1.04 bits per heavy atom. The summed E-state index contributed by atoms with van der Waals surface area (Å²) in [5.41, 5.74) is 12.9. The van der Waals surface area contributed by atoms with Gasteiger partial charge in [0.25, 0.3) is 0 Å². The zero-order valence-corrected chi connectivity index (χ0v) is 29.0. The maximum absolute atomic E-state index is 14.0. The molecule has 0 radical (unpaired) electrons. The van der Waals surface area contributed by atoms with Gasteiger partial charge in [-0.1, -0.05) is 36.4 Å². The number of amides is 1. The van der Waals surface area contributed by atoms with E-state index in [-0.39, 0.29) is 34.7 Å². The van der Waals surface area contributed by atoms with E-state index in [9.17, 15) is 26.7 Å². The molecule has 0 aliphatic carbocycles. The van der Waals surface area contributed by atoms with Crippen LogP contribution in [-0.2, 0) is 35.9 Å². The summed E-state index contributed by atoms with van der Waals surface area (Å²) in [6.45, 7) is 3.68. The molecule has 1 unspecified atom stereocenters. The van der Waals surface area contributed by atoms with Crippen LogP contribution in [0.4, 0.5) is 0 Å². The van der Waals surface area contributed by atoms with Gasteiger partial charge in [-0.15, -0.1) is 0 Å². The molecule has 2 atom stereocenters. The number of carbonyl (C=O) groups excluding carboxylic acids is 1. The Hall–Kier alpha value is -3.57. The molecule has 0 aromatic heterocycles. The lowest BCUT2D eigenvalue weighted by Crippen LogP contribution is -2.47. The molecule has 1 amide bonds. The highest BCUT2D eigenvalue weighted by atomic mass is 32.2. The Bertz CT molecular complexity index is 1830. The topological polar surface area (TPSA) is 201 Å². The van der Waals surface area contributed by atoms with Gasteiger partial charge in [-0.25, -0.2) is 16.8 Å². The van der Waals surface area contributed by atoms with Gasteiger partial charge in [0.2, 0.25) is 15.9 Å². The van der Waals surface area contributed by atoms with Gasteiger partial charge in [0.1, 0.15) is 34.9 Å². The molecule has 5 rings (SSSR count). The molecule has 15 heteroatoms. The van der Waals surface area contributed by atoms with E-state index in [2.05, 4.69) is 5.32 Å². The number of hydrogen-bond acceptors (Lipinski definition) is 11. The molecule has 6 N–H and O–H groups in total. The first-order valence-corrected chi connectivity index (χ1v) is 19.3. The van der Waals surface area contributed by atoms with Crippen LogP contribution >= 0.6 is 0 Å². The summed E-state index contributed by atoms with van der Waals surface area (Å²) >= 11 is 0. The Labute approximate surface area is 287 Å². The fourth-order valence-electron chi connectivity index (χ4n) is 6.18. The van der Waals surface area contributed by atoms with Crippen molar-refractivity contribution in [3.63, 3.8) is 0 Å². The van der Waals surface area contributed by atoms with E-state index in [4.69, 9.17) is 25.7 Å². The predicted molar refractivity (Wildman–Crippen MR) is 183 cm³/mol. The van der Waals surface area contributed by atoms with Crippen molar-refractivity contribution >= 4 is 25.8 Å². The monoisotopic (exact) mass is 716 g/mol. The molecule has 2 aliphatic rings. The molecule has 2 aliphatic heterocycles. The number of carbonyl (C=O) groups is 1. The van der Waals surface area contributed by atoms with Gasteiger partial charge in [0, 0.05) is 32.2 Å². The maximum Gasteiger partial charge on any atom is 0.246 e. The highest BCUT2D eigenvalue weighted by Gasteiger charge is 2.45. The summed E-state index contributed by atoms with van der Waals surface area (Å²) in [7, 11) is -7.76. The molecule has 0 saturated carbocycles. The minimum absolute atomic E-state index is 0.0491. The first-order valence-electron chi connectivity index (χ1n) is 16.2. The van der Waals surface area contributed by atoms with Crippen LogP contribution < -0.4 is 26.3 Å². The quantitative estimate of drug-likeness (QED) is 0.179. The van der Waals surface area contributed by atoms with Crippen molar-refractivity contribution in [1.29, 1.82) is 0 Å². The largest absolute Gasteiger partial charge is 0.492 e. The summed E-state index contributed by atoms with van der Waals surface area (Å²) in [6.07, 6.45) is 0.806. The lowest BCUT2D eigenvalue weighted by atomic mass is 9.88. The first-order chi connectivity index (χ1) is 23.3. The third-order valence-corrected chi connectivity index (χ3v) is 12.4. The molecular formula is C34H44N4O9S2. The van der Waals surface area contributed by atoms with Crippen LogP contribution in [0.15, 0.2) is 76.5 Å². The number of primary amides is 1. The normalized spacial score (nSPS) is 18.7. The number of aliphatic hydroxyl groups excluding tert-OH is 1. The first kappa shape index (κ1) is 36.7. The van der Waals surface area contributed by atoms with Gasteiger partial charge in [0.05, 0.1) is 23.7 Å². The van der Waals surface area contributed by atoms with E-state index in [0.717, 1.165) is 16.7 Å². The molecule has 3 aromatic rings. The molecule has 2 fully saturated rings. The lowest BCUT2D eigenvalue weighted by Gasteiger charge is -2.38. The van der Waals surface area contributed by atoms with E-state index >= 15 is 0 Å². The van der Waals surface area contributed by atoms with Crippen LogP contribution in [-0.4, -0.2) is 95.1 Å². The number of nitrogens with two attached hydrogens (primary N) is 2. The van der Waals surface area contributed by atoms with Gasteiger partial charge < -0.3 is 36.1 Å². The minimum Gasteiger partial charge on any atom is -0.492 e. The molecule has 49 heavy (non-hydrogen) atoms. The second kappa shape index (κ2) is 15.5. The fraction of sp³-hybridized carbons (Fsp3) is 0.441. The standard InChI is InChI=1S/C34H44N4O9S2/c1-2-45-31-11-10-26(25-8-6-24(19-35)7-9-25)16-32(31)49(43,44)38-14-12-34(13-15-38)18-27(21-47-34)37-20-28(39)22-46-29-4-3-5-30(17-29)48(41,42)23-33(36)40/h3-11,16-17,27-28,37,39H,2,12-15,18-23,35H2,1H3,(H2,36,40)/t27-,28?/m0/s1. The van der Waals surface area contributed by atoms with Crippen LogP contribution in [0.1, 0.15) is 31.7 Å². The predicted octanol–water partition coefficient (Wildman–Crippen LogP) is 1.81. The molecule has 1 spiro atoms. The average Bonchev–Trinajstić information content (AvgIpc) is 3.48. The van der Waals surface area contributed by atoms with E-state index in [1.807, 2.05) is 37.3 Å². The van der Waals surface area contributed by atoms with E-state index in [1.165, 1.54) is 22.5 Å². The zero-order valence-electron chi connectivity index (χ0n) is 27.4. The summed E-state index contributed by atoms with van der Waals surface area (Å²) in [5, 5.41) is 13.8. The van der Waals surface area contributed by atoms with Crippen molar-refractivity contribution in [3.8, 4) is 22.6 Å². The van der Waals surface area contributed by atoms with Crippen LogP contribution in [0.3, 0.4) is 0 Å². The molecular weight excluding hydrogens is 673 g/mol. The Morgan fingerprint density at radius 2 is 1.76 bits per heavy atom. The van der Waals surface area contributed by atoms with Gasteiger partial charge in [0.15, 0.2) is 9.84 Å². The molecule has 266 valence electrons. The summed E-state index contributed by atoms with van der Waals surface area (Å²) in [4.78, 5) is 11.1. The van der Waals surface area contributed by atoms with Gasteiger partial charge >= 0.3 is 0 Å². The summed E-state index contributed by atoms with van der Waals surface area (Å²) in [5.74, 6) is -1.22. The molecule has 2 heterocycles. The van der Waals surface area contributed by atoms with Crippen LogP contribution in [0.5, 0.6) is 11.5 Å². The average molecular weight is 717 g/mol. The van der Waals surface area contributed by atoms with E-state index in [1.54, 1.807) is 18.2 Å². The SMILES string of the molecule is CCOc1ccc(-c2ccc(CN)cc2)cc1S(=O)(=O)N1CCC2(CC1)C[C@H](NCC(O)COc1cccc(S(=O)(=O)CC(N)=O)c1)CO2. The molecule has 0 bridgehead atoms. The second-order valence-electron chi connectivity index (χ2n) is 12.4. The lowest BCUT2D eigenvalue weighted by molar-refractivity contribution is -0.115. The summed E-state index contributed by atoms with van der Waals surface area (Å²) in [6, 6.07) is 18.6. The smallest absolute Gasteiger partial charge is 0.246 e. The van der Waals surface area contributed by atoms with Crippen LogP contribution in [0.2, 0.25) is 0 Å². The maximum atomic E-state index is 14.0. The second-order valence-corrected chi connectivity index (χ2v) is 16.3. The van der Waals surface area contributed by atoms with Gasteiger partial charge in [-0.2, -0.15) is 4.31 Å². The number of piperidine rings is 1. The number of ether oxygens (including phenoxy) is 3. The Balaban J connectivity index is 1.14. The fourth-order valence-corrected chi connectivity index (χ4v) is 8.90. The van der Waals surface area contributed by atoms with Crippen molar-refractivity contribution in [2.24, 2.45) is 11.5 Å². The Kier molecular flexibility index (Phi) is 11.6. The number of sulfone groups is 1. The Morgan fingerprint density at radius 3 is 2.43 bits per heavy atom. The third-order valence-electron chi connectivity index (χ3n) is 8.81. The van der Waals surface area contributed by atoms with Gasteiger partial charge in [-0.05, 0) is 73.2 Å². The number of nitrogens with one attached hydrogen (secondary N) is 1. The van der Waals surface area contributed by atoms with E-state index < -0.39 is 43.2 Å². The van der Waals surface area contributed by atoms with Crippen LogP contribution in [0, 0.1) is 0 Å². The highest BCUT2D eigenvalue weighted by molar-refractivity contribution is 7.92. The molecule has 2 saturated heterocycles. The van der Waals surface area contributed by atoms with Crippen LogP contribution in [0.25, 0.3) is 11.1 Å². The van der Waals surface area contributed by atoms with E-state index in [0.29, 0.717) is 57.9 Å². The van der Waals surface area contributed by atoms with Crippen molar-refractivity contribution in [3.05, 3.63) is 72.3 Å². The third kappa shape index (κ3) is 8.97. The van der Waals surface area contributed by atoms with Crippen molar-refractivity contribution in [2.75, 3.05) is 45.2 Å². The zero-order chi connectivity index (χ0) is 35.2. The summed E-state index contributed by atoms with van der Waals surface area (Å²) < 4.78 is 71.6. The van der Waals surface area contributed by atoms with Gasteiger partial charge in [-0.3, -0.25) is 4.79 Å². The number of aliphatic hydroxyl groups is 1. The minimum atomic E-state index is -3.89. The number of sulfonamides is 1. The molecule has 13 nitrogen and oxygen atoms in total. The number of nitrogens with zero attached hydrogens (tertiary/aromatic N) is 1. The van der Waals surface area contributed by atoms with Crippen molar-refractivity contribution < 1.29 is 40.9 Å². The molecule has 3 aromatic carbocycles. The number of benzene rings is 3. The van der Waals surface area contributed by atoms with Crippen molar-refractivity contribution in [1.82, 2.24) is 9.62 Å². The van der Waals surface area contributed by atoms with Crippen molar-refractivity contribution in [2.45, 2.75) is 60.3 Å². The number of rotatable bonds is 15.